The smallest absolute Gasteiger partial charge is 0.261 e. The zero-order chi connectivity index (χ0) is 27.3. The van der Waals surface area contributed by atoms with Crippen LogP contribution >= 0.6 is 0 Å². The molecule has 0 aliphatic rings. The van der Waals surface area contributed by atoms with Crippen LogP contribution in [0, 0.1) is 0 Å². The highest BCUT2D eigenvalue weighted by atomic mass is 28.4. The van der Waals surface area contributed by atoms with Crippen molar-refractivity contribution in [3.63, 3.8) is 0 Å². The zero-order valence-corrected chi connectivity index (χ0v) is 25.8. The van der Waals surface area contributed by atoms with Gasteiger partial charge in [-0.25, -0.2) is 0 Å². The highest BCUT2D eigenvalue weighted by Gasteiger charge is 2.52. The van der Waals surface area contributed by atoms with Crippen LogP contribution in [0.3, 0.4) is 0 Å². The summed E-state index contributed by atoms with van der Waals surface area (Å²) in [6, 6.07) is 43.4. The molecule has 0 spiro atoms. The normalized spacial score (nSPS) is 12.9. The first-order chi connectivity index (χ1) is 18.1. The Morgan fingerprint density at radius 1 is 0.395 bits per heavy atom. The standard InChI is InChI=1S/C34H42O2Si2/c1-33(2,3)37(29-19-11-7-12-20-29,30-21-13-8-14-22-30)35-27-28-36-38(34(4,5)6,31-23-15-9-16-24-31)32-25-17-10-18-26-32/h7-26H,27-28H2,1-6H3. The second kappa shape index (κ2) is 11.5. The van der Waals surface area contributed by atoms with Gasteiger partial charge in [-0.2, -0.15) is 0 Å². The van der Waals surface area contributed by atoms with Crippen molar-refractivity contribution in [1.82, 2.24) is 0 Å². The number of benzene rings is 4. The van der Waals surface area contributed by atoms with Gasteiger partial charge in [0, 0.05) is 0 Å². The largest absolute Gasteiger partial charge is 0.405 e. The van der Waals surface area contributed by atoms with Gasteiger partial charge < -0.3 is 8.85 Å². The van der Waals surface area contributed by atoms with Gasteiger partial charge in [0.1, 0.15) is 0 Å². The fourth-order valence-corrected chi connectivity index (χ4v) is 15.0. The Hall–Kier alpha value is -2.77. The van der Waals surface area contributed by atoms with Crippen LogP contribution in [0.2, 0.25) is 10.1 Å². The summed E-state index contributed by atoms with van der Waals surface area (Å²) in [6.45, 7) is 15.0. The van der Waals surface area contributed by atoms with E-state index in [-0.39, 0.29) is 10.1 Å². The summed E-state index contributed by atoms with van der Waals surface area (Å²) in [7, 11) is -5.23. The van der Waals surface area contributed by atoms with Gasteiger partial charge in [-0.3, -0.25) is 0 Å². The summed E-state index contributed by atoms with van der Waals surface area (Å²) in [6.07, 6.45) is 0. The van der Waals surface area contributed by atoms with Crippen LogP contribution in [0.15, 0.2) is 121 Å². The third-order valence-electron chi connectivity index (χ3n) is 7.55. The Kier molecular flexibility index (Phi) is 8.58. The van der Waals surface area contributed by atoms with Gasteiger partial charge in [0.25, 0.3) is 16.6 Å². The molecular weight excluding hydrogens is 497 g/mol. The van der Waals surface area contributed by atoms with Crippen molar-refractivity contribution in [1.29, 1.82) is 0 Å². The van der Waals surface area contributed by atoms with Gasteiger partial charge in [0.2, 0.25) is 0 Å². The molecule has 0 amide bonds. The molecule has 2 nitrogen and oxygen atoms in total. The average molecular weight is 539 g/mol. The topological polar surface area (TPSA) is 18.5 Å². The van der Waals surface area contributed by atoms with Crippen LogP contribution in [0.4, 0.5) is 0 Å². The van der Waals surface area contributed by atoms with Crippen LogP contribution in [0.1, 0.15) is 41.5 Å². The summed E-state index contributed by atoms with van der Waals surface area (Å²) in [5.41, 5.74) is 0. The van der Waals surface area contributed by atoms with Crippen molar-refractivity contribution in [2.75, 3.05) is 13.2 Å². The van der Waals surface area contributed by atoms with E-state index in [9.17, 15) is 0 Å². The minimum atomic E-state index is -2.61. The molecular formula is C34H42O2Si2. The summed E-state index contributed by atoms with van der Waals surface area (Å²) >= 11 is 0. The van der Waals surface area contributed by atoms with Gasteiger partial charge in [0.05, 0.1) is 13.2 Å². The molecule has 4 aromatic carbocycles. The van der Waals surface area contributed by atoms with Crippen LogP contribution in [0.25, 0.3) is 0 Å². The van der Waals surface area contributed by atoms with Gasteiger partial charge in [-0.05, 0) is 30.8 Å². The molecule has 198 valence electrons. The molecule has 0 heterocycles. The van der Waals surface area contributed by atoms with Crippen LogP contribution in [0.5, 0.6) is 0 Å². The predicted molar refractivity (Wildman–Crippen MR) is 167 cm³/mol. The molecule has 4 aromatic rings. The van der Waals surface area contributed by atoms with E-state index in [2.05, 4.69) is 163 Å². The minimum Gasteiger partial charge on any atom is -0.405 e. The van der Waals surface area contributed by atoms with E-state index >= 15 is 0 Å². The molecule has 38 heavy (non-hydrogen) atoms. The Morgan fingerprint density at radius 2 is 0.605 bits per heavy atom. The molecule has 4 heteroatoms. The van der Waals surface area contributed by atoms with Gasteiger partial charge in [-0.1, -0.05) is 163 Å². The van der Waals surface area contributed by atoms with E-state index in [0.29, 0.717) is 13.2 Å². The fourth-order valence-electron chi connectivity index (χ4n) is 5.91. The summed E-state index contributed by atoms with van der Waals surface area (Å²) in [5.74, 6) is 0. The van der Waals surface area contributed by atoms with Crippen LogP contribution in [-0.4, -0.2) is 29.8 Å². The lowest BCUT2D eigenvalue weighted by atomic mass is 10.2. The second-order valence-corrected chi connectivity index (χ2v) is 20.6. The van der Waals surface area contributed by atoms with E-state index in [0.717, 1.165) is 0 Å². The first-order valence-corrected chi connectivity index (χ1v) is 17.4. The van der Waals surface area contributed by atoms with Crippen molar-refractivity contribution < 1.29 is 8.85 Å². The van der Waals surface area contributed by atoms with Crippen molar-refractivity contribution >= 4 is 37.4 Å². The Labute approximate surface area is 231 Å². The highest BCUT2D eigenvalue weighted by Crippen LogP contribution is 2.38. The van der Waals surface area contributed by atoms with Crippen molar-refractivity contribution in [2.45, 2.75) is 51.6 Å². The number of hydrogen-bond donors (Lipinski definition) is 0. The molecule has 0 aliphatic carbocycles. The van der Waals surface area contributed by atoms with E-state index in [1.54, 1.807) is 0 Å². The highest BCUT2D eigenvalue weighted by molar-refractivity contribution is 7.00. The fraction of sp³-hybridized carbons (Fsp3) is 0.294. The zero-order valence-electron chi connectivity index (χ0n) is 23.8. The van der Waals surface area contributed by atoms with Crippen molar-refractivity contribution in [2.24, 2.45) is 0 Å². The molecule has 0 aliphatic heterocycles. The van der Waals surface area contributed by atoms with Crippen LogP contribution in [-0.2, 0) is 8.85 Å². The van der Waals surface area contributed by atoms with E-state index < -0.39 is 16.6 Å². The van der Waals surface area contributed by atoms with Crippen molar-refractivity contribution in [3.05, 3.63) is 121 Å². The SMILES string of the molecule is CC(C)(C)[Si](OCCO[Si](c1ccccc1)(c1ccccc1)C(C)(C)C)(c1ccccc1)c1ccccc1. The van der Waals surface area contributed by atoms with Crippen molar-refractivity contribution in [3.8, 4) is 0 Å². The molecule has 0 saturated carbocycles. The molecule has 0 unspecified atom stereocenters. The van der Waals surface area contributed by atoms with E-state index in [1.165, 1.54) is 20.7 Å². The molecule has 0 saturated heterocycles. The van der Waals surface area contributed by atoms with E-state index in [1.807, 2.05) is 0 Å². The molecule has 0 atom stereocenters. The maximum atomic E-state index is 7.18. The quantitative estimate of drug-likeness (QED) is 0.188. The summed E-state index contributed by atoms with van der Waals surface area (Å²) in [5, 5.41) is 5.06. The molecule has 4 rings (SSSR count). The third-order valence-corrected chi connectivity index (χ3v) is 17.6. The molecule has 0 N–H and O–H groups in total. The first-order valence-electron chi connectivity index (χ1n) is 13.6. The molecule has 0 fully saturated rings. The third kappa shape index (κ3) is 5.36. The lowest BCUT2D eigenvalue weighted by Crippen LogP contribution is -2.68. The lowest BCUT2D eigenvalue weighted by molar-refractivity contribution is 0.200. The van der Waals surface area contributed by atoms with Gasteiger partial charge >= 0.3 is 0 Å². The Morgan fingerprint density at radius 3 is 0.789 bits per heavy atom. The van der Waals surface area contributed by atoms with Gasteiger partial charge in [-0.15, -0.1) is 0 Å². The monoisotopic (exact) mass is 538 g/mol. The minimum absolute atomic E-state index is 0.0624. The lowest BCUT2D eigenvalue weighted by Gasteiger charge is -2.45. The summed E-state index contributed by atoms with van der Waals surface area (Å²) in [4.78, 5) is 0. The second-order valence-electron chi connectivity index (χ2n) is 12.0. The molecule has 0 aromatic heterocycles. The molecule has 0 radical (unpaired) electrons. The maximum Gasteiger partial charge on any atom is 0.261 e. The Balaban J connectivity index is 1.72. The van der Waals surface area contributed by atoms with Gasteiger partial charge in [0.15, 0.2) is 0 Å². The average Bonchev–Trinajstić information content (AvgIpc) is 2.91. The van der Waals surface area contributed by atoms with Crippen LogP contribution < -0.4 is 20.7 Å². The first kappa shape index (κ1) is 28.2. The summed E-state index contributed by atoms with van der Waals surface area (Å²) < 4.78 is 14.4. The Bertz CT molecular complexity index is 1080. The van der Waals surface area contributed by atoms with E-state index in [4.69, 9.17) is 8.85 Å². The predicted octanol–water partition coefficient (Wildman–Crippen LogP) is 6.14. The number of hydrogen-bond acceptors (Lipinski definition) is 2. The number of rotatable bonds is 9. The molecule has 0 bridgehead atoms. The maximum absolute atomic E-state index is 7.18.